The maximum Gasteiger partial charge on any atom is 0.253 e. The predicted molar refractivity (Wildman–Crippen MR) is 329 cm³/mol. The number of likely N-dealkylation sites (N-methyl/N-ethyl adjacent to an activating group) is 1. The molecule has 0 aromatic carbocycles. The Morgan fingerprint density at radius 3 is 0.565 bits per heavy atom. The number of carbonyl (C=O) groups excluding carboxylic acids is 2. The van der Waals surface area contributed by atoms with Crippen molar-refractivity contribution in [3.05, 3.63) is 12.2 Å². The van der Waals surface area contributed by atoms with Crippen molar-refractivity contribution < 1.29 is 19.1 Å². The molecule has 0 fully saturated rings. The number of carbonyl (C=O) groups is 2. The molecule has 1 heterocycles. The summed E-state index contributed by atoms with van der Waals surface area (Å²) in [6.45, 7) is 6.44. The van der Waals surface area contributed by atoms with Crippen molar-refractivity contribution in [3.63, 3.8) is 0 Å². The third-order valence-corrected chi connectivity index (χ3v) is 6.42. The molecule has 0 aromatic heterocycles. The molecule has 0 unspecified atom stereocenters. The van der Waals surface area contributed by atoms with Crippen LogP contribution in [-0.4, -0.2) is 63.3 Å². The van der Waals surface area contributed by atoms with E-state index in [0.717, 1.165) is 11.4 Å². The number of hydrogen-bond acceptors (Lipinski definition) is 5. The molecule has 0 aliphatic carbocycles. The van der Waals surface area contributed by atoms with Crippen LogP contribution in [0.3, 0.4) is 0 Å². The van der Waals surface area contributed by atoms with E-state index in [0.29, 0.717) is 33.0 Å². The van der Waals surface area contributed by atoms with Gasteiger partial charge in [0.25, 0.3) is 11.8 Å². The van der Waals surface area contributed by atoms with E-state index in [2.05, 4.69) is 396 Å². The van der Waals surface area contributed by atoms with Crippen LogP contribution in [0.25, 0.3) is 0 Å². The maximum atomic E-state index is 11.2. The minimum absolute atomic E-state index is 0.274. The summed E-state index contributed by atoms with van der Waals surface area (Å²) < 4.78 is 10.5. The molecule has 0 saturated carbocycles. The second kappa shape index (κ2) is 62.5. The van der Waals surface area contributed by atoms with Crippen molar-refractivity contribution in [2.75, 3.05) is 46.6 Å². The summed E-state index contributed by atoms with van der Waals surface area (Å²) in [4.78, 5) is 23.5. The molecule has 374 valence electrons. The lowest BCUT2D eigenvalue weighted by Crippen LogP contribution is -2.33. The molecule has 1 rings (SSSR count). The first kappa shape index (κ1) is 69.2. The molecule has 2 amide bonds. The van der Waals surface area contributed by atoms with Gasteiger partial charge in [-0.1, -0.05) is 11.8 Å². The van der Waals surface area contributed by atoms with Crippen molar-refractivity contribution >= 4 is 11.8 Å². The van der Waals surface area contributed by atoms with Gasteiger partial charge in [-0.25, -0.2) is 0 Å². The van der Waals surface area contributed by atoms with Crippen LogP contribution in [-0.2, 0) is 19.1 Å². The summed E-state index contributed by atoms with van der Waals surface area (Å²) in [7, 11) is 1.86. The van der Waals surface area contributed by atoms with E-state index in [9.17, 15) is 9.59 Å². The Hall–Kier alpha value is -15.8. The zero-order valence-electron chi connectivity index (χ0n) is 45.0. The first-order chi connectivity index (χ1) is 42.2. The number of ether oxygens (including phenoxy) is 2. The Morgan fingerprint density at radius 1 is 0.259 bits per heavy atom. The van der Waals surface area contributed by atoms with Crippen LogP contribution in [0.15, 0.2) is 12.2 Å². The summed E-state index contributed by atoms with van der Waals surface area (Å²) in [6, 6.07) is 0. The predicted octanol–water partition coefficient (Wildman–Crippen LogP) is 0.302. The van der Waals surface area contributed by atoms with E-state index in [-0.39, 0.29) is 11.8 Å². The smallest absolute Gasteiger partial charge is 0.253 e. The molecule has 0 aromatic rings. The summed E-state index contributed by atoms with van der Waals surface area (Å²) in [5.41, 5.74) is 0. The highest BCUT2D eigenvalue weighted by Crippen LogP contribution is 2.02. The fourth-order valence-electron chi connectivity index (χ4n) is 3.37. The van der Waals surface area contributed by atoms with Crippen LogP contribution in [0.4, 0.5) is 0 Å². The highest BCUT2D eigenvalue weighted by Gasteiger charge is 2.22. The number of nitrogens with zero attached hydrogens (tertiary/aromatic N) is 1. The van der Waals surface area contributed by atoms with E-state index in [1.165, 1.54) is 12.2 Å². The van der Waals surface area contributed by atoms with Gasteiger partial charge in [-0.05, 0) is 116 Å². The van der Waals surface area contributed by atoms with Crippen LogP contribution in [0.2, 0.25) is 0 Å². The Labute approximate surface area is 501 Å². The average molecular weight is 1070 g/mol. The minimum atomic E-state index is -0.274. The van der Waals surface area contributed by atoms with Crippen LogP contribution in [0.1, 0.15) is 13.8 Å². The summed E-state index contributed by atoms with van der Waals surface area (Å²) in [5.74, 6) is 165. The van der Waals surface area contributed by atoms with Crippen molar-refractivity contribution in [2.45, 2.75) is 13.8 Å². The molecule has 0 radical (unpaired) electrons. The van der Waals surface area contributed by atoms with E-state index in [1.807, 2.05) is 7.05 Å². The highest BCUT2D eigenvalue weighted by molar-refractivity contribution is 6.12. The summed E-state index contributed by atoms with van der Waals surface area (Å²) in [5, 5.41) is 2.96. The lowest BCUT2D eigenvalue weighted by Gasteiger charge is -2.13. The average Bonchev–Trinajstić information content (AvgIpc) is 4.14. The Bertz CT molecular complexity index is 4690. The molecule has 1 aliphatic heterocycles. The van der Waals surface area contributed by atoms with Crippen LogP contribution >= 0.6 is 0 Å². The molecular weight excluding hydrogens is 1040 g/mol. The van der Waals surface area contributed by atoms with E-state index in [4.69, 9.17) is 9.47 Å². The second-order valence-corrected chi connectivity index (χ2v) is 12.0. The summed E-state index contributed by atoms with van der Waals surface area (Å²) >= 11 is 0. The van der Waals surface area contributed by atoms with Gasteiger partial charge in [0.1, 0.15) is 0 Å². The van der Waals surface area contributed by atoms with Crippen LogP contribution in [0.5, 0.6) is 0 Å². The molecule has 1 N–H and O–H groups in total. The van der Waals surface area contributed by atoms with Crippen LogP contribution in [0, 0.1) is 391 Å². The Morgan fingerprint density at radius 2 is 0.412 bits per heavy atom. The molecular formula is C79H24N2O4. The largest absolute Gasteiger partial charge is 0.378 e. The molecule has 85 heavy (non-hydrogen) atoms. The normalized spacial score (nSPS) is 6.18. The first-order valence-electron chi connectivity index (χ1n) is 22.8. The number of hydrogen-bond donors (Lipinski definition) is 1. The van der Waals surface area contributed by atoms with Gasteiger partial charge >= 0.3 is 0 Å². The third-order valence-electron chi connectivity index (χ3n) is 6.42. The zero-order chi connectivity index (χ0) is 61.2. The van der Waals surface area contributed by atoms with Gasteiger partial charge in [0, 0.05) is 303 Å². The van der Waals surface area contributed by atoms with Gasteiger partial charge in [-0.3, -0.25) is 14.5 Å². The van der Waals surface area contributed by atoms with Crippen molar-refractivity contribution in [1.29, 1.82) is 0 Å². The zero-order valence-corrected chi connectivity index (χ0v) is 45.0. The van der Waals surface area contributed by atoms with Crippen molar-refractivity contribution in [3.8, 4) is 391 Å². The molecule has 0 spiro atoms. The molecule has 0 saturated heterocycles. The molecule has 6 nitrogen and oxygen atoms in total. The van der Waals surface area contributed by atoms with Crippen molar-refractivity contribution in [1.82, 2.24) is 10.2 Å². The van der Waals surface area contributed by atoms with Crippen molar-refractivity contribution in [2.24, 2.45) is 0 Å². The van der Waals surface area contributed by atoms with Gasteiger partial charge < -0.3 is 14.8 Å². The fourth-order valence-corrected chi connectivity index (χ4v) is 3.37. The number of imide groups is 1. The first-order valence-corrected chi connectivity index (χ1v) is 22.8. The van der Waals surface area contributed by atoms with E-state index >= 15 is 0 Å². The highest BCUT2D eigenvalue weighted by atomic mass is 16.5. The molecule has 0 atom stereocenters. The minimum Gasteiger partial charge on any atom is -0.378 e. The SMILES string of the molecule is CC#CC#CC#CC#CC#CC#CC#CC#CC#CC#CC#CC#CC#CC#CC#CC#CC#CC#CC#CC#CC#CC#CC#CC#CC#CC#CC#CC#CC#CC#CC#CC#CC#CC.CNCCOCCOCCN1C(=O)C=CC1=O. The number of amides is 2. The monoisotopic (exact) mass is 1060 g/mol. The molecule has 0 bridgehead atoms. The third kappa shape index (κ3) is 57.4. The Kier molecular flexibility index (Phi) is 50.9. The van der Waals surface area contributed by atoms with Gasteiger partial charge in [0.05, 0.1) is 33.0 Å². The number of nitrogens with one attached hydrogen (secondary N) is 1. The quantitative estimate of drug-likeness (QED) is 0.205. The van der Waals surface area contributed by atoms with Gasteiger partial charge in [-0.15, -0.1) is 0 Å². The fraction of sp³-hybridized carbons (Fsp3) is 0.114. The maximum absolute atomic E-state index is 11.2. The second-order valence-electron chi connectivity index (χ2n) is 12.0. The lowest BCUT2D eigenvalue weighted by atomic mass is 10.4. The molecule has 6 heteroatoms. The van der Waals surface area contributed by atoms with Crippen LogP contribution < -0.4 is 5.32 Å². The topological polar surface area (TPSA) is 67.9 Å². The van der Waals surface area contributed by atoms with Gasteiger partial charge in [-0.2, -0.15) is 0 Å². The summed E-state index contributed by atoms with van der Waals surface area (Å²) in [6.07, 6.45) is 2.53. The Balaban J connectivity index is 0.00000352. The molecule has 1 aliphatic rings. The van der Waals surface area contributed by atoms with Gasteiger partial charge in [0.2, 0.25) is 0 Å². The number of rotatable bonds is 9. The van der Waals surface area contributed by atoms with Gasteiger partial charge in [0.15, 0.2) is 0 Å². The lowest BCUT2D eigenvalue weighted by molar-refractivity contribution is -0.137. The standard InChI is InChI=1S/C68H6.C11H18N2O4/c1-3-5-7-9-11-13-15-17-19-21-23-25-27-29-31-33-35-37-39-41-43-45-47-49-51-53-55-57-59-61-63-65-67-68-66-64-62-60-58-56-54-52-50-48-46-44-42-40-38-36-34-32-30-28-26-24-22-20-18-16-14-12-10-8-6-4-2;1-12-4-6-16-8-9-17-7-5-13-10(14)2-3-11(13)15/h1-2H3;2-3,12H,4-9H2,1H3. The van der Waals surface area contributed by atoms with E-state index < -0.39 is 0 Å². The van der Waals surface area contributed by atoms with E-state index in [1.54, 1.807) is 13.8 Å².